The second-order valence-corrected chi connectivity index (χ2v) is 5.10. The van der Waals surface area contributed by atoms with Gasteiger partial charge in [-0.2, -0.15) is 0 Å². The molecule has 1 saturated heterocycles. The Morgan fingerprint density at radius 1 is 1.75 bits per heavy atom. The van der Waals surface area contributed by atoms with Gasteiger partial charge in [0.05, 0.1) is 16.1 Å². The van der Waals surface area contributed by atoms with E-state index in [4.69, 9.17) is 4.74 Å². The Kier molecular flexibility index (Phi) is 2.34. The highest BCUT2D eigenvalue weighted by Gasteiger charge is 2.28. The van der Waals surface area contributed by atoms with Crippen LogP contribution in [-0.4, -0.2) is 31.3 Å². The Labute approximate surface area is 83.5 Å². The van der Waals surface area contributed by atoms with Crippen LogP contribution in [0.4, 0.5) is 5.13 Å². The zero-order valence-electron chi connectivity index (χ0n) is 6.66. The summed E-state index contributed by atoms with van der Waals surface area (Å²) in [4.78, 5) is 6.46. The zero-order chi connectivity index (χ0) is 8.55. The summed E-state index contributed by atoms with van der Waals surface area (Å²) in [7, 11) is 1.75. The predicted molar refractivity (Wildman–Crippen MR) is 52.8 cm³/mol. The first-order valence-electron chi connectivity index (χ1n) is 3.68. The number of nitrogens with zero attached hydrogens (tertiary/aromatic N) is 2. The van der Waals surface area contributed by atoms with Crippen LogP contribution in [0, 0.1) is 0 Å². The number of thiazole rings is 1. The Bertz CT molecular complexity index is 272. The van der Waals surface area contributed by atoms with Crippen molar-refractivity contribution in [2.45, 2.75) is 6.10 Å². The van der Waals surface area contributed by atoms with Crippen LogP contribution < -0.4 is 4.90 Å². The van der Waals surface area contributed by atoms with Gasteiger partial charge in [0.25, 0.3) is 0 Å². The van der Waals surface area contributed by atoms with E-state index in [2.05, 4.69) is 25.8 Å². The molecule has 5 heteroatoms. The molecule has 1 aromatic rings. The normalized spacial score (nSPS) is 18.0. The van der Waals surface area contributed by atoms with Gasteiger partial charge in [0, 0.05) is 20.2 Å². The standard InChI is InChI=1S/C7H9BrN2OS/c1-11-5-3-10(4-5)7-9-2-6(8)12-7/h2,5H,3-4H2,1H3. The molecule has 0 unspecified atom stereocenters. The fourth-order valence-corrected chi connectivity index (χ4v) is 2.34. The molecule has 66 valence electrons. The quantitative estimate of drug-likeness (QED) is 0.798. The molecule has 2 heterocycles. The highest BCUT2D eigenvalue weighted by atomic mass is 79.9. The van der Waals surface area contributed by atoms with E-state index in [1.807, 2.05) is 6.20 Å². The van der Waals surface area contributed by atoms with Crippen molar-refractivity contribution in [3.05, 3.63) is 9.98 Å². The van der Waals surface area contributed by atoms with E-state index in [0.717, 1.165) is 22.0 Å². The molecule has 1 fully saturated rings. The Morgan fingerprint density at radius 2 is 2.50 bits per heavy atom. The third-order valence-electron chi connectivity index (χ3n) is 1.92. The summed E-state index contributed by atoms with van der Waals surface area (Å²) >= 11 is 5.04. The van der Waals surface area contributed by atoms with E-state index in [1.165, 1.54) is 0 Å². The van der Waals surface area contributed by atoms with Crippen molar-refractivity contribution in [1.82, 2.24) is 4.98 Å². The van der Waals surface area contributed by atoms with Crippen LogP contribution in [0.2, 0.25) is 0 Å². The lowest BCUT2D eigenvalue weighted by atomic mass is 10.2. The van der Waals surface area contributed by atoms with Gasteiger partial charge >= 0.3 is 0 Å². The van der Waals surface area contributed by atoms with Crippen molar-refractivity contribution < 1.29 is 4.74 Å². The molecule has 0 aliphatic carbocycles. The molecular formula is C7H9BrN2OS. The average Bonchev–Trinajstić information content (AvgIpc) is 2.34. The summed E-state index contributed by atoms with van der Waals surface area (Å²) in [6.45, 7) is 1.94. The zero-order valence-corrected chi connectivity index (χ0v) is 9.06. The van der Waals surface area contributed by atoms with Crippen molar-refractivity contribution in [3.8, 4) is 0 Å². The molecular weight excluding hydrogens is 240 g/mol. The van der Waals surface area contributed by atoms with Crippen molar-refractivity contribution in [2.75, 3.05) is 25.1 Å². The summed E-state index contributed by atoms with van der Waals surface area (Å²) in [5, 5.41) is 1.08. The molecule has 12 heavy (non-hydrogen) atoms. The molecule has 0 aromatic carbocycles. The third kappa shape index (κ3) is 1.48. The fourth-order valence-electron chi connectivity index (χ4n) is 1.14. The van der Waals surface area contributed by atoms with Crippen LogP contribution in [0.15, 0.2) is 9.98 Å². The highest BCUT2D eigenvalue weighted by Crippen LogP contribution is 2.29. The van der Waals surface area contributed by atoms with Gasteiger partial charge < -0.3 is 9.64 Å². The van der Waals surface area contributed by atoms with Crippen LogP contribution in [0.5, 0.6) is 0 Å². The molecule has 0 saturated carbocycles. The number of rotatable bonds is 2. The monoisotopic (exact) mass is 248 g/mol. The molecule has 0 bridgehead atoms. The molecule has 0 spiro atoms. The molecule has 0 radical (unpaired) electrons. The maximum Gasteiger partial charge on any atom is 0.186 e. The lowest BCUT2D eigenvalue weighted by Gasteiger charge is -2.37. The van der Waals surface area contributed by atoms with Gasteiger partial charge in [-0.25, -0.2) is 4.98 Å². The largest absolute Gasteiger partial charge is 0.378 e. The van der Waals surface area contributed by atoms with Crippen LogP contribution in [-0.2, 0) is 4.74 Å². The van der Waals surface area contributed by atoms with Gasteiger partial charge in [-0.3, -0.25) is 0 Å². The maximum atomic E-state index is 5.17. The van der Waals surface area contributed by atoms with Gasteiger partial charge in [0.1, 0.15) is 0 Å². The van der Waals surface area contributed by atoms with Crippen LogP contribution in [0.1, 0.15) is 0 Å². The number of aromatic nitrogens is 1. The molecule has 0 N–H and O–H groups in total. The second kappa shape index (κ2) is 3.32. The van der Waals surface area contributed by atoms with Gasteiger partial charge in [-0.15, -0.1) is 0 Å². The number of halogens is 1. The minimum Gasteiger partial charge on any atom is -0.378 e. The number of methoxy groups -OCH3 is 1. The van der Waals surface area contributed by atoms with E-state index in [9.17, 15) is 0 Å². The van der Waals surface area contributed by atoms with E-state index in [1.54, 1.807) is 18.4 Å². The Morgan fingerprint density at radius 3 is 3.00 bits per heavy atom. The second-order valence-electron chi connectivity index (χ2n) is 2.71. The Balaban J connectivity index is 1.96. The summed E-state index contributed by atoms with van der Waals surface area (Å²) < 4.78 is 6.25. The Hall–Kier alpha value is -0.130. The van der Waals surface area contributed by atoms with E-state index in [-0.39, 0.29) is 0 Å². The number of anilines is 1. The lowest BCUT2D eigenvalue weighted by Crippen LogP contribution is -2.51. The van der Waals surface area contributed by atoms with E-state index in [0.29, 0.717) is 6.10 Å². The summed E-state index contributed by atoms with van der Waals surface area (Å²) in [5.74, 6) is 0. The first-order chi connectivity index (χ1) is 5.79. The molecule has 0 amide bonds. The summed E-state index contributed by atoms with van der Waals surface area (Å²) in [6.07, 6.45) is 2.23. The van der Waals surface area contributed by atoms with Crippen molar-refractivity contribution in [3.63, 3.8) is 0 Å². The summed E-state index contributed by atoms with van der Waals surface area (Å²) in [5.41, 5.74) is 0. The van der Waals surface area contributed by atoms with Gasteiger partial charge in [-0.05, 0) is 15.9 Å². The average molecular weight is 249 g/mol. The number of hydrogen-bond donors (Lipinski definition) is 0. The van der Waals surface area contributed by atoms with Crippen LogP contribution >= 0.6 is 27.3 Å². The third-order valence-corrected chi connectivity index (χ3v) is 3.45. The smallest absolute Gasteiger partial charge is 0.186 e. The first-order valence-corrected chi connectivity index (χ1v) is 5.29. The predicted octanol–water partition coefficient (Wildman–Crippen LogP) is 1.74. The minimum atomic E-state index is 0.396. The molecule has 1 aliphatic heterocycles. The number of ether oxygens (including phenoxy) is 1. The highest BCUT2D eigenvalue weighted by molar-refractivity contribution is 9.11. The minimum absolute atomic E-state index is 0.396. The maximum absolute atomic E-state index is 5.17. The SMILES string of the molecule is COC1CN(c2ncc(Br)s2)C1. The lowest BCUT2D eigenvalue weighted by molar-refractivity contribution is 0.0787. The molecule has 0 atom stereocenters. The fraction of sp³-hybridized carbons (Fsp3) is 0.571. The van der Waals surface area contributed by atoms with Crippen molar-refractivity contribution in [1.29, 1.82) is 0 Å². The molecule has 3 nitrogen and oxygen atoms in total. The van der Waals surface area contributed by atoms with Gasteiger partial charge in [0.2, 0.25) is 0 Å². The molecule has 1 aromatic heterocycles. The van der Waals surface area contributed by atoms with Gasteiger partial charge in [-0.1, -0.05) is 11.3 Å². The summed E-state index contributed by atoms with van der Waals surface area (Å²) in [6, 6.07) is 0. The van der Waals surface area contributed by atoms with Crippen molar-refractivity contribution in [2.24, 2.45) is 0 Å². The van der Waals surface area contributed by atoms with E-state index >= 15 is 0 Å². The van der Waals surface area contributed by atoms with Crippen LogP contribution in [0.25, 0.3) is 0 Å². The molecule has 2 rings (SSSR count). The number of hydrogen-bond acceptors (Lipinski definition) is 4. The van der Waals surface area contributed by atoms with Gasteiger partial charge in [0.15, 0.2) is 5.13 Å². The van der Waals surface area contributed by atoms with Crippen LogP contribution in [0.3, 0.4) is 0 Å². The first kappa shape index (κ1) is 8.47. The van der Waals surface area contributed by atoms with Crippen molar-refractivity contribution >= 4 is 32.4 Å². The topological polar surface area (TPSA) is 25.4 Å². The van der Waals surface area contributed by atoms with E-state index < -0.39 is 0 Å². The molecule has 1 aliphatic rings.